The molecule has 3 heteroatoms. The monoisotopic (exact) mass is 428 g/mol. The molecule has 0 amide bonds. The van der Waals surface area contributed by atoms with Crippen LogP contribution in [0, 0.1) is 32.1 Å². The van der Waals surface area contributed by atoms with Crippen molar-refractivity contribution < 1.29 is 53.8 Å². The number of rotatable bonds is 2. The molecule has 0 aromatic carbocycles. The SMILES string of the molecule is C[C-](C)C.[CH2-]C(C)[CH-]C([CH2-])N.[W].[Y]. The van der Waals surface area contributed by atoms with Gasteiger partial charge in [-0.3, -0.25) is 6.04 Å². The van der Waals surface area contributed by atoms with Crippen LogP contribution < -0.4 is 5.73 Å². The van der Waals surface area contributed by atoms with Crippen LogP contribution in [-0.4, -0.2) is 6.04 Å². The molecule has 0 bridgehead atoms. The van der Waals surface area contributed by atoms with Gasteiger partial charge in [0.25, 0.3) is 0 Å². The van der Waals surface area contributed by atoms with Crippen molar-refractivity contribution >= 4 is 0 Å². The molecule has 79 valence electrons. The summed E-state index contributed by atoms with van der Waals surface area (Å²) in [4.78, 5) is 0. The molecule has 0 aromatic rings. The van der Waals surface area contributed by atoms with Gasteiger partial charge in [-0.05, 0) is 0 Å². The van der Waals surface area contributed by atoms with Crippen LogP contribution >= 0.6 is 0 Å². The van der Waals surface area contributed by atoms with Crippen LogP contribution in [0.2, 0.25) is 0 Å². The van der Waals surface area contributed by atoms with E-state index in [4.69, 9.17) is 5.73 Å². The summed E-state index contributed by atoms with van der Waals surface area (Å²) in [6, 6.07) is -0.0625. The van der Waals surface area contributed by atoms with Crippen LogP contribution in [0.5, 0.6) is 0 Å². The summed E-state index contributed by atoms with van der Waals surface area (Å²) in [6.45, 7) is 15.5. The first kappa shape index (κ1) is 24.1. The molecule has 0 saturated carbocycles. The molecule has 1 radical (unpaired) electrons. The topological polar surface area (TPSA) is 26.0 Å². The van der Waals surface area contributed by atoms with E-state index in [1.54, 1.807) is 0 Å². The van der Waals surface area contributed by atoms with E-state index >= 15 is 0 Å². The minimum Gasteiger partial charge on any atom is -0.386 e. The van der Waals surface area contributed by atoms with Gasteiger partial charge in [0, 0.05) is 53.8 Å². The first-order valence-electron chi connectivity index (χ1n) is 3.89. The minimum atomic E-state index is -0.0625. The number of hydrogen-bond acceptors (Lipinski definition) is 1. The average Bonchev–Trinajstić information content (AvgIpc) is 1.56. The first-order valence-corrected chi connectivity index (χ1v) is 3.89. The van der Waals surface area contributed by atoms with Crippen molar-refractivity contribution in [3.8, 4) is 0 Å². The van der Waals surface area contributed by atoms with Crippen molar-refractivity contribution in [3.05, 3.63) is 26.2 Å². The molecule has 2 N–H and O–H groups in total. The summed E-state index contributed by atoms with van der Waals surface area (Å²) >= 11 is 0. The fourth-order valence-electron chi connectivity index (χ4n) is 0.422. The molecule has 0 aliphatic rings. The normalized spacial score (nSPS) is 12.9. The van der Waals surface area contributed by atoms with Gasteiger partial charge in [0.1, 0.15) is 0 Å². The molecule has 0 saturated heterocycles. The summed E-state index contributed by atoms with van der Waals surface area (Å²) in [5, 5.41) is 0. The Balaban J connectivity index is -0.0000000600. The summed E-state index contributed by atoms with van der Waals surface area (Å²) in [5.74, 6) is 1.73. The first-order chi connectivity index (χ1) is 4.86. The molecule has 0 aliphatic carbocycles. The molecule has 0 fully saturated rings. The van der Waals surface area contributed by atoms with Crippen LogP contribution in [-0.2, 0) is 53.8 Å². The second kappa shape index (κ2) is 16.2. The zero-order valence-corrected chi connectivity index (χ0v) is 15.0. The summed E-state index contributed by atoms with van der Waals surface area (Å²) in [7, 11) is 0. The predicted molar refractivity (Wildman–Crippen MR) is 52.4 cm³/mol. The summed E-state index contributed by atoms with van der Waals surface area (Å²) in [6.07, 6.45) is 1.89. The Labute approximate surface area is 124 Å². The van der Waals surface area contributed by atoms with Gasteiger partial charge >= 0.3 is 0 Å². The molecule has 0 aromatic heterocycles. The molecule has 1 nitrogen and oxygen atoms in total. The van der Waals surface area contributed by atoms with E-state index in [0.717, 1.165) is 0 Å². The molecule has 0 heterocycles. The van der Waals surface area contributed by atoms with E-state index in [1.807, 2.05) is 13.3 Å². The second-order valence-corrected chi connectivity index (χ2v) is 3.33. The van der Waals surface area contributed by atoms with E-state index in [-0.39, 0.29) is 59.8 Å². The Morgan fingerprint density at radius 1 is 1.23 bits per heavy atom. The summed E-state index contributed by atoms with van der Waals surface area (Å²) < 4.78 is 0. The van der Waals surface area contributed by atoms with E-state index in [1.165, 1.54) is 5.92 Å². The Bertz CT molecular complexity index is 66.6. The Hall–Kier alpha value is 1.75. The molecule has 0 rings (SSSR count). The van der Waals surface area contributed by atoms with Crippen LogP contribution in [0.1, 0.15) is 27.7 Å². The van der Waals surface area contributed by atoms with E-state index < -0.39 is 0 Å². The van der Waals surface area contributed by atoms with Crippen molar-refractivity contribution in [1.29, 1.82) is 0 Å². The molecule has 2 unspecified atom stereocenters. The van der Waals surface area contributed by atoms with Crippen LogP contribution in [0.15, 0.2) is 0 Å². The van der Waals surface area contributed by atoms with Gasteiger partial charge in [0.2, 0.25) is 0 Å². The molecular formula is C10H21NWY-4. The van der Waals surface area contributed by atoms with Gasteiger partial charge in [0.15, 0.2) is 0 Å². The van der Waals surface area contributed by atoms with Crippen LogP contribution in [0.3, 0.4) is 0 Å². The van der Waals surface area contributed by atoms with Gasteiger partial charge in [-0.25, -0.2) is 0 Å². The third-order valence-corrected chi connectivity index (χ3v) is 0.576. The van der Waals surface area contributed by atoms with Gasteiger partial charge in [-0.1, -0.05) is 0 Å². The predicted octanol–water partition coefficient (Wildman–Crippen LogP) is 2.44. The molecule has 2 atom stereocenters. The van der Waals surface area contributed by atoms with Crippen LogP contribution in [0.25, 0.3) is 0 Å². The number of hydrogen-bond donors (Lipinski definition) is 1. The van der Waals surface area contributed by atoms with Gasteiger partial charge in [-0.2, -0.15) is 20.8 Å². The maximum Gasteiger partial charge on any atom is 0 e. The quantitative estimate of drug-likeness (QED) is 0.673. The average molecular weight is 428 g/mol. The Kier molecular flexibility index (Phi) is 30.1. The molecule has 0 spiro atoms. The van der Waals surface area contributed by atoms with Crippen molar-refractivity contribution in [3.63, 3.8) is 0 Å². The van der Waals surface area contributed by atoms with Gasteiger partial charge < -0.3 is 37.8 Å². The zero-order valence-electron chi connectivity index (χ0n) is 9.21. The number of nitrogens with two attached hydrogens (primary N) is 1. The van der Waals surface area contributed by atoms with Gasteiger partial charge in [-0.15, -0.1) is 6.92 Å². The van der Waals surface area contributed by atoms with Crippen molar-refractivity contribution in [2.45, 2.75) is 33.7 Å². The third-order valence-electron chi connectivity index (χ3n) is 0.576. The molecular weight excluding hydrogens is 407 g/mol. The molecule has 13 heavy (non-hydrogen) atoms. The second-order valence-electron chi connectivity index (χ2n) is 3.33. The standard InChI is InChI=1S/C6H12N.C4H9.W.Y/c1-5(2)4-6(3)7;1-4(2)3;;/h4-6H,1,3,7H2,2H3;1-3H3;;/q-3;-1;;. The largest absolute Gasteiger partial charge is 0.386 e. The van der Waals surface area contributed by atoms with E-state index in [9.17, 15) is 0 Å². The smallest absolute Gasteiger partial charge is 0 e. The minimum absolute atomic E-state index is 0. The fraction of sp³-hybridized carbons (Fsp3) is 0.600. The zero-order chi connectivity index (χ0) is 9.44. The van der Waals surface area contributed by atoms with E-state index in [0.29, 0.717) is 5.92 Å². The van der Waals surface area contributed by atoms with Crippen molar-refractivity contribution in [2.75, 3.05) is 0 Å². The fourth-order valence-corrected chi connectivity index (χ4v) is 0.422. The van der Waals surface area contributed by atoms with E-state index in [2.05, 4.69) is 34.6 Å². The van der Waals surface area contributed by atoms with Crippen molar-refractivity contribution in [2.24, 2.45) is 11.7 Å². The maximum atomic E-state index is 5.29. The molecule has 0 aliphatic heterocycles. The summed E-state index contributed by atoms with van der Waals surface area (Å²) in [5.41, 5.74) is 5.29. The Morgan fingerprint density at radius 2 is 1.46 bits per heavy atom. The van der Waals surface area contributed by atoms with Gasteiger partial charge in [0.05, 0.1) is 0 Å². The third kappa shape index (κ3) is 57.4. The van der Waals surface area contributed by atoms with Crippen LogP contribution in [0.4, 0.5) is 0 Å². The van der Waals surface area contributed by atoms with Crippen molar-refractivity contribution in [1.82, 2.24) is 0 Å². The maximum absolute atomic E-state index is 5.29. The Morgan fingerprint density at radius 3 is 1.46 bits per heavy atom.